The van der Waals surface area contributed by atoms with E-state index in [1.165, 1.54) is 12.1 Å². The highest BCUT2D eigenvalue weighted by atomic mass is 32.2. The van der Waals surface area contributed by atoms with Crippen LogP contribution in [0.3, 0.4) is 0 Å². The molecule has 0 aliphatic rings. The van der Waals surface area contributed by atoms with Crippen LogP contribution < -0.4 is 10.0 Å². The second kappa shape index (κ2) is 12.3. The van der Waals surface area contributed by atoms with E-state index in [0.29, 0.717) is 0 Å². The smallest absolute Gasteiger partial charge is 0.407 e. The number of nitrogens with zero attached hydrogens (tertiary/aromatic N) is 1. The molecule has 0 aliphatic heterocycles. The summed E-state index contributed by atoms with van der Waals surface area (Å²) in [6.07, 6.45) is -4.24. The molecule has 36 heavy (non-hydrogen) atoms. The second-order valence-electron chi connectivity index (χ2n) is 9.41. The molecule has 3 N–H and O–H groups in total. The molecule has 0 saturated carbocycles. The van der Waals surface area contributed by atoms with Crippen molar-refractivity contribution in [1.29, 1.82) is 0 Å². The van der Waals surface area contributed by atoms with E-state index in [-0.39, 0.29) is 11.3 Å². The molecule has 0 saturated heterocycles. The number of non-ortho nitro benzene ring substituents is 1. The Balaban J connectivity index is 2.37. The van der Waals surface area contributed by atoms with Crippen LogP contribution in [0.15, 0.2) is 59.5 Å². The first kappa shape index (κ1) is 29.2. The third-order valence-electron chi connectivity index (χ3n) is 4.75. The molecule has 0 heterocycles. The lowest BCUT2D eigenvalue weighted by Crippen LogP contribution is -2.57. The zero-order valence-electron chi connectivity index (χ0n) is 20.9. The quantitative estimate of drug-likeness (QED) is 0.230. The fourth-order valence-electron chi connectivity index (χ4n) is 3.25. The lowest BCUT2D eigenvalue weighted by molar-refractivity contribution is -0.385. The largest absolute Gasteiger partial charge is 0.444 e. The minimum absolute atomic E-state index is 0.137. The van der Waals surface area contributed by atoms with Crippen LogP contribution in [-0.2, 0) is 25.9 Å². The van der Waals surface area contributed by atoms with E-state index in [1.807, 2.05) is 6.07 Å². The maximum atomic E-state index is 13.1. The van der Waals surface area contributed by atoms with Gasteiger partial charge in [0.05, 0.1) is 22.0 Å². The van der Waals surface area contributed by atoms with E-state index in [0.717, 1.165) is 17.7 Å². The number of rotatable bonds is 11. The Hall–Kier alpha value is -3.06. The first-order chi connectivity index (χ1) is 16.7. The summed E-state index contributed by atoms with van der Waals surface area (Å²) < 4.78 is 39.4. The number of nitro groups is 1. The molecule has 2 aromatic rings. The Labute approximate surface area is 211 Å². The van der Waals surface area contributed by atoms with Gasteiger partial charge in [0.15, 0.2) is 0 Å². The van der Waals surface area contributed by atoms with Gasteiger partial charge in [-0.1, -0.05) is 36.4 Å². The van der Waals surface area contributed by atoms with Crippen LogP contribution >= 0.6 is 0 Å². The summed E-state index contributed by atoms with van der Waals surface area (Å²) in [5, 5.41) is 25.0. The van der Waals surface area contributed by atoms with Crippen molar-refractivity contribution in [3.8, 4) is 0 Å². The number of hydrogen-bond donors (Lipinski definition) is 3. The SMILES string of the molecule is CC(C)OC(NS(=O)(=O)c1cccc([N+](=O)[O-])c1)[C@H](O)[C@H](Cc1ccccc1)NC(=O)OC(C)(C)C. The highest BCUT2D eigenvalue weighted by Gasteiger charge is 2.35. The molecule has 12 heteroatoms. The zero-order valence-corrected chi connectivity index (χ0v) is 21.7. The van der Waals surface area contributed by atoms with Gasteiger partial charge in [0.25, 0.3) is 5.69 Å². The number of carbonyl (C=O) groups is 1. The van der Waals surface area contributed by atoms with Crippen LogP contribution in [0.1, 0.15) is 40.2 Å². The van der Waals surface area contributed by atoms with E-state index in [1.54, 1.807) is 58.9 Å². The standard InChI is InChI=1S/C24H33N3O8S/c1-16(2)34-22(26-36(32,33)19-13-9-12-18(15-19)27(30)31)21(28)20(14-17-10-7-6-8-11-17)25-23(29)35-24(3,4)5/h6-13,15-16,20-22,26,28H,14H2,1-5H3,(H,25,29)/t20-,21+,22?/m0/s1. The van der Waals surface area contributed by atoms with Gasteiger partial charge in [-0.05, 0) is 52.7 Å². The van der Waals surface area contributed by atoms with E-state index in [2.05, 4.69) is 10.0 Å². The first-order valence-corrected chi connectivity index (χ1v) is 12.8. The minimum atomic E-state index is -4.35. The Bertz CT molecular complexity index is 1130. The van der Waals surface area contributed by atoms with Crippen LogP contribution in [-0.4, -0.2) is 54.6 Å². The molecule has 0 spiro atoms. The first-order valence-electron chi connectivity index (χ1n) is 11.3. The summed E-state index contributed by atoms with van der Waals surface area (Å²) >= 11 is 0. The van der Waals surface area contributed by atoms with Crippen LogP contribution in [0.4, 0.5) is 10.5 Å². The molecule has 0 aliphatic carbocycles. The van der Waals surface area contributed by atoms with Crippen LogP contribution in [0.5, 0.6) is 0 Å². The van der Waals surface area contributed by atoms with Gasteiger partial charge in [-0.2, -0.15) is 4.72 Å². The third-order valence-corrected chi connectivity index (χ3v) is 6.17. The zero-order chi connectivity index (χ0) is 27.1. The number of aliphatic hydroxyl groups excluding tert-OH is 1. The molecule has 0 aromatic heterocycles. The average molecular weight is 524 g/mol. The van der Waals surface area contributed by atoms with E-state index in [4.69, 9.17) is 9.47 Å². The topological polar surface area (TPSA) is 157 Å². The summed E-state index contributed by atoms with van der Waals surface area (Å²) in [7, 11) is -4.35. The normalized spacial score (nSPS) is 14.6. The number of ether oxygens (including phenoxy) is 2. The number of alkyl carbamates (subject to hydrolysis) is 1. The summed E-state index contributed by atoms with van der Waals surface area (Å²) in [4.78, 5) is 22.5. The maximum absolute atomic E-state index is 13.1. The lowest BCUT2D eigenvalue weighted by Gasteiger charge is -2.32. The van der Waals surface area contributed by atoms with E-state index in [9.17, 15) is 28.4 Å². The fraction of sp³-hybridized carbons (Fsp3) is 0.458. The van der Waals surface area contributed by atoms with Crippen molar-refractivity contribution in [2.24, 2.45) is 0 Å². The molecule has 11 nitrogen and oxygen atoms in total. The average Bonchev–Trinajstić information content (AvgIpc) is 2.76. The predicted octanol–water partition coefficient (Wildman–Crippen LogP) is 3.12. The molecular formula is C24H33N3O8S. The minimum Gasteiger partial charge on any atom is -0.444 e. The third kappa shape index (κ3) is 9.19. The number of nitrogens with one attached hydrogen (secondary N) is 2. The number of sulfonamides is 1. The number of nitro benzene ring substituents is 1. The Morgan fingerprint density at radius 2 is 1.75 bits per heavy atom. The number of aliphatic hydroxyl groups is 1. The molecule has 1 unspecified atom stereocenters. The Kier molecular flexibility index (Phi) is 9.93. The summed E-state index contributed by atoms with van der Waals surface area (Å²) in [5.41, 5.74) is -0.445. The van der Waals surface area contributed by atoms with Crippen molar-refractivity contribution in [3.63, 3.8) is 0 Å². The van der Waals surface area contributed by atoms with Gasteiger partial charge in [-0.15, -0.1) is 0 Å². The summed E-state index contributed by atoms with van der Waals surface area (Å²) in [6, 6.07) is 12.5. The van der Waals surface area contributed by atoms with Gasteiger partial charge in [0.2, 0.25) is 10.0 Å². The number of hydrogen-bond acceptors (Lipinski definition) is 8. The highest BCUT2D eigenvalue weighted by molar-refractivity contribution is 7.89. The van der Waals surface area contributed by atoms with Crippen LogP contribution in [0.2, 0.25) is 0 Å². The molecule has 2 aromatic carbocycles. The van der Waals surface area contributed by atoms with Gasteiger partial charge >= 0.3 is 6.09 Å². The number of amides is 1. The van der Waals surface area contributed by atoms with Crippen molar-refractivity contribution < 1.29 is 32.7 Å². The van der Waals surface area contributed by atoms with Crippen molar-refractivity contribution in [2.45, 2.75) is 76.0 Å². The van der Waals surface area contributed by atoms with Crippen LogP contribution in [0.25, 0.3) is 0 Å². The lowest BCUT2D eigenvalue weighted by atomic mass is 10.0. The predicted molar refractivity (Wildman–Crippen MR) is 133 cm³/mol. The molecular weight excluding hydrogens is 490 g/mol. The van der Waals surface area contributed by atoms with Crippen molar-refractivity contribution in [3.05, 3.63) is 70.3 Å². The molecule has 3 atom stereocenters. The summed E-state index contributed by atoms with van der Waals surface area (Å²) in [6.45, 7) is 8.36. The molecule has 2 rings (SSSR count). The van der Waals surface area contributed by atoms with Crippen molar-refractivity contribution >= 4 is 21.8 Å². The molecule has 1 amide bonds. The number of carbonyl (C=O) groups excluding carboxylic acids is 1. The molecule has 0 fully saturated rings. The number of benzene rings is 2. The van der Waals surface area contributed by atoms with Gasteiger partial charge in [-0.25, -0.2) is 13.2 Å². The Morgan fingerprint density at radius 3 is 2.31 bits per heavy atom. The fourth-order valence-corrected chi connectivity index (χ4v) is 4.42. The maximum Gasteiger partial charge on any atom is 0.407 e. The molecule has 198 valence electrons. The Morgan fingerprint density at radius 1 is 1.11 bits per heavy atom. The van der Waals surface area contributed by atoms with E-state index < -0.39 is 56.8 Å². The van der Waals surface area contributed by atoms with Crippen molar-refractivity contribution in [2.75, 3.05) is 0 Å². The van der Waals surface area contributed by atoms with Gasteiger partial charge in [0, 0.05) is 12.1 Å². The molecule has 0 bridgehead atoms. The van der Waals surface area contributed by atoms with Crippen LogP contribution in [0, 0.1) is 10.1 Å². The summed E-state index contributed by atoms with van der Waals surface area (Å²) in [5.74, 6) is 0. The van der Waals surface area contributed by atoms with E-state index >= 15 is 0 Å². The van der Waals surface area contributed by atoms with Crippen molar-refractivity contribution in [1.82, 2.24) is 10.0 Å². The monoisotopic (exact) mass is 523 g/mol. The second-order valence-corrected chi connectivity index (χ2v) is 11.1. The van der Waals surface area contributed by atoms with Gasteiger partial charge in [0.1, 0.15) is 17.9 Å². The highest BCUT2D eigenvalue weighted by Crippen LogP contribution is 2.20. The van der Waals surface area contributed by atoms with Gasteiger partial charge < -0.3 is 19.9 Å². The molecule has 0 radical (unpaired) electrons. The van der Waals surface area contributed by atoms with Gasteiger partial charge in [-0.3, -0.25) is 10.1 Å².